The Morgan fingerprint density at radius 2 is 2.32 bits per heavy atom. The van der Waals surface area contributed by atoms with Crippen molar-refractivity contribution in [2.75, 3.05) is 13.2 Å². The number of aliphatic hydroxyl groups is 1. The maximum absolute atomic E-state index is 12.0. The molecule has 120 valence electrons. The minimum atomic E-state index is -0.435. The lowest BCUT2D eigenvalue weighted by molar-refractivity contribution is -0.142. The highest BCUT2D eigenvalue weighted by Gasteiger charge is 2.21. The van der Waals surface area contributed by atoms with Crippen LogP contribution in [0.4, 0.5) is 0 Å². The number of carbonyl (C=O) groups excluding carboxylic acids is 1. The summed E-state index contributed by atoms with van der Waals surface area (Å²) in [5.41, 5.74) is 0.0643. The summed E-state index contributed by atoms with van der Waals surface area (Å²) in [4.78, 5) is 30.8. The number of nitrogens with zero attached hydrogens (tertiary/aromatic N) is 3. The van der Waals surface area contributed by atoms with E-state index in [1.807, 2.05) is 6.92 Å². The summed E-state index contributed by atoms with van der Waals surface area (Å²) in [5.74, 6) is -0.332. The first-order valence-corrected chi connectivity index (χ1v) is 7.88. The van der Waals surface area contributed by atoms with Crippen LogP contribution in [0.15, 0.2) is 16.1 Å². The highest BCUT2D eigenvalue weighted by molar-refractivity contribution is 8.00. The largest absolute Gasteiger partial charge is 0.465 e. The van der Waals surface area contributed by atoms with Gasteiger partial charge in [0, 0.05) is 0 Å². The molecule has 2 aromatic rings. The second kappa shape index (κ2) is 7.41. The van der Waals surface area contributed by atoms with Crippen LogP contribution in [0, 0.1) is 0 Å². The molecular formula is C13H18N4O4S. The second-order valence-corrected chi connectivity index (χ2v) is 5.66. The molecule has 2 N–H and O–H groups in total. The summed E-state index contributed by atoms with van der Waals surface area (Å²) in [6.45, 7) is 4.06. The summed E-state index contributed by atoms with van der Waals surface area (Å²) in [5, 5.41) is 13.3. The average Bonchev–Trinajstić information content (AvgIpc) is 2.89. The van der Waals surface area contributed by atoms with Gasteiger partial charge in [0.1, 0.15) is 10.6 Å². The Balaban J connectivity index is 2.33. The molecule has 0 aliphatic heterocycles. The summed E-state index contributed by atoms with van der Waals surface area (Å²) in [6, 6.07) is 0. The standard InChI is InChI=1S/C13H18N4O4S/c1-3-9(12(20)21-4-2)22-13-15-10-8(11(19)16-13)7-14-17(10)5-6-18/h7,9,18H,3-6H2,1-2H3,(H,15,16,19)/t9-/m1/s1. The van der Waals surface area contributed by atoms with Gasteiger partial charge in [-0.25, -0.2) is 9.67 Å². The quantitative estimate of drug-likeness (QED) is 0.434. The number of aromatic nitrogens is 4. The monoisotopic (exact) mass is 326 g/mol. The van der Waals surface area contributed by atoms with Crippen molar-refractivity contribution in [3.8, 4) is 0 Å². The van der Waals surface area contributed by atoms with Gasteiger partial charge in [-0.1, -0.05) is 18.7 Å². The van der Waals surface area contributed by atoms with Gasteiger partial charge in [0.25, 0.3) is 5.56 Å². The van der Waals surface area contributed by atoms with Crippen LogP contribution < -0.4 is 5.56 Å². The van der Waals surface area contributed by atoms with Crippen molar-refractivity contribution < 1.29 is 14.6 Å². The molecule has 0 spiro atoms. The van der Waals surface area contributed by atoms with E-state index in [4.69, 9.17) is 9.84 Å². The summed E-state index contributed by atoms with van der Waals surface area (Å²) < 4.78 is 6.46. The molecular weight excluding hydrogens is 308 g/mol. The maximum atomic E-state index is 12.0. The predicted octanol–water partition coefficient (Wildman–Crippen LogP) is 0.546. The van der Waals surface area contributed by atoms with Crippen LogP contribution in [-0.4, -0.2) is 49.3 Å². The Hall–Kier alpha value is -1.87. The van der Waals surface area contributed by atoms with Gasteiger partial charge in [0.15, 0.2) is 10.8 Å². The van der Waals surface area contributed by atoms with Crippen LogP contribution in [0.1, 0.15) is 20.3 Å². The molecule has 0 saturated carbocycles. The molecule has 0 aliphatic rings. The van der Waals surface area contributed by atoms with E-state index in [1.54, 1.807) is 6.92 Å². The lowest BCUT2D eigenvalue weighted by Crippen LogP contribution is -2.21. The van der Waals surface area contributed by atoms with Crippen molar-refractivity contribution in [3.63, 3.8) is 0 Å². The van der Waals surface area contributed by atoms with Gasteiger partial charge in [0.2, 0.25) is 0 Å². The maximum Gasteiger partial charge on any atom is 0.319 e. The molecule has 0 radical (unpaired) electrons. The zero-order chi connectivity index (χ0) is 16.1. The van der Waals surface area contributed by atoms with Crippen LogP contribution in [0.2, 0.25) is 0 Å². The van der Waals surface area contributed by atoms with Crippen LogP contribution in [0.5, 0.6) is 0 Å². The number of ether oxygens (including phenoxy) is 1. The van der Waals surface area contributed by atoms with E-state index in [1.165, 1.54) is 10.9 Å². The normalized spacial score (nSPS) is 12.5. The molecule has 0 aliphatic carbocycles. The van der Waals surface area contributed by atoms with Crippen molar-refractivity contribution in [3.05, 3.63) is 16.6 Å². The minimum absolute atomic E-state index is 0.103. The fourth-order valence-electron chi connectivity index (χ4n) is 1.93. The van der Waals surface area contributed by atoms with Gasteiger partial charge >= 0.3 is 5.97 Å². The van der Waals surface area contributed by atoms with E-state index in [0.29, 0.717) is 29.2 Å². The lowest BCUT2D eigenvalue weighted by atomic mass is 10.3. The third-order valence-corrected chi connectivity index (χ3v) is 4.20. The van der Waals surface area contributed by atoms with Crippen molar-refractivity contribution >= 4 is 28.8 Å². The molecule has 0 fully saturated rings. The van der Waals surface area contributed by atoms with Crippen LogP contribution in [0.25, 0.3) is 11.0 Å². The van der Waals surface area contributed by atoms with E-state index >= 15 is 0 Å². The Bertz CT molecular complexity index is 712. The number of hydrogen-bond acceptors (Lipinski definition) is 7. The number of aromatic amines is 1. The summed E-state index contributed by atoms with van der Waals surface area (Å²) >= 11 is 1.15. The number of fused-ring (bicyclic) bond motifs is 1. The number of thioether (sulfide) groups is 1. The van der Waals surface area contributed by atoms with Crippen molar-refractivity contribution in [2.24, 2.45) is 0 Å². The molecule has 0 aromatic carbocycles. The molecule has 0 unspecified atom stereocenters. The highest BCUT2D eigenvalue weighted by Crippen LogP contribution is 2.23. The Kier molecular flexibility index (Phi) is 5.56. The van der Waals surface area contributed by atoms with Gasteiger partial charge < -0.3 is 14.8 Å². The molecule has 2 heterocycles. The van der Waals surface area contributed by atoms with E-state index in [9.17, 15) is 9.59 Å². The van der Waals surface area contributed by atoms with E-state index in [-0.39, 0.29) is 24.7 Å². The summed E-state index contributed by atoms with van der Waals surface area (Å²) in [6.07, 6.45) is 1.97. The van der Waals surface area contributed by atoms with E-state index < -0.39 is 5.25 Å². The molecule has 8 nitrogen and oxygen atoms in total. The predicted molar refractivity (Wildman–Crippen MR) is 81.8 cm³/mol. The van der Waals surface area contributed by atoms with Gasteiger partial charge in [0.05, 0.1) is 26.0 Å². The van der Waals surface area contributed by atoms with Gasteiger partial charge in [-0.05, 0) is 13.3 Å². The number of hydrogen-bond donors (Lipinski definition) is 2. The third-order valence-electron chi connectivity index (χ3n) is 2.97. The molecule has 2 aromatic heterocycles. The number of H-pyrrole nitrogens is 1. The number of esters is 1. The Morgan fingerprint density at radius 3 is 2.95 bits per heavy atom. The second-order valence-electron chi connectivity index (χ2n) is 4.47. The Labute approximate surface area is 130 Å². The fraction of sp³-hybridized carbons (Fsp3) is 0.538. The molecule has 0 amide bonds. The topological polar surface area (TPSA) is 110 Å². The fourth-order valence-corrected chi connectivity index (χ4v) is 2.82. The van der Waals surface area contributed by atoms with Gasteiger partial charge in [-0.2, -0.15) is 5.10 Å². The first kappa shape index (κ1) is 16.5. The highest BCUT2D eigenvalue weighted by atomic mass is 32.2. The van der Waals surface area contributed by atoms with Crippen LogP contribution >= 0.6 is 11.8 Å². The minimum Gasteiger partial charge on any atom is -0.465 e. The zero-order valence-corrected chi connectivity index (χ0v) is 13.2. The van der Waals surface area contributed by atoms with Crippen molar-refractivity contribution in [1.29, 1.82) is 0 Å². The summed E-state index contributed by atoms with van der Waals surface area (Å²) in [7, 11) is 0. The first-order chi connectivity index (χ1) is 10.6. The van der Waals surface area contributed by atoms with Gasteiger partial charge in [-0.3, -0.25) is 9.59 Å². The van der Waals surface area contributed by atoms with E-state index in [0.717, 1.165) is 11.8 Å². The van der Waals surface area contributed by atoms with Gasteiger partial charge in [-0.15, -0.1) is 0 Å². The number of aliphatic hydroxyl groups excluding tert-OH is 1. The van der Waals surface area contributed by atoms with E-state index in [2.05, 4.69) is 15.1 Å². The zero-order valence-electron chi connectivity index (χ0n) is 12.4. The SMILES string of the molecule is CCOC(=O)[C@@H](CC)Sc1nc2c(cnn2CCO)c(=O)[nH]1. The van der Waals surface area contributed by atoms with Crippen molar-refractivity contribution in [1.82, 2.24) is 19.7 Å². The Morgan fingerprint density at radius 1 is 1.55 bits per heavy atom. The lowest BCUT2D eigenvalue weighted by Gasteiger charge is -2.12. The average molecular weight is 326 g/mol. The molecule has 2 rings (SSSR count). The molecule has 9 heteroatoms. The first-order valence-electron chi connectivity index (χ1n) is 7.00. The van der Waals surface area contributed by atoms with Crippen molar-refractivity contribution in [2.45, 2.75) is 37.2 Å². The molecule has 0 bridgehead atoms. The number of carbonyl (C=O) groups is 1. The smallest absolute Gasteiger partial charge is 0.319 e. The number of rotatable bonds is 7. The van der Waals surface area contributed by atoms with Crippen LogP contribution in [0.3, 0.4) is 0 Å². The third kappa shape index (κ3) is 3.47. The molecule has 1 atom stereocenters. The molecule has 22 heavy (non-hydrogen) atoms. The molecule has 0 saturated heterocycles. The number of nitrogens with one attached hydrogen (secondary N) is 1. The van der Waals surface area contributed by atoms with Crippen LogP contribution in [-0.2, 0) is 16.1 Å².